The highest BCUT2D eigenvalue weighted by molar-refractivity contribution is 5.80. The normalized spacial score (nSPS) is 13.6. The van der Waals surface area contributed by atoms with E-state index in [2.05, 4.69) is 5.32 Å². The van der Waals surface area contributed by atoms with Gasteiger partial charge in [-0.2, -0.15) is 0 Å². The molecule has 1 heterocycles. The third-order valence-electron chi connectivity index (χ3n) is 3.46. The molecule has 0 aliphatic heterocycles. The molecule has 2 aromatic rings. The average molecular weight is 320 g/mol. The van der Waals surface area contributed by atoms with Crippen LogP contribution in [0, 0.1) is 5.82 Å². The first kappa shape index (κ1) is 17.0. The minimum Gasteiger partial charge on any atom is -0.481 e. The summed E-state index contributed by atoms with van der Waals surface area (Å²) < 4.78 is 23.7. The molecule has 2 unspecified atom stereocenters. The summed E-state index contributed by atoms with van der Waals surface area (Å²) >= 11 is 0. The predicted octanol–water partition coefficient (Wildman–Crippen LogP) is 2.61. The Kier molecular flexibility index (Phi) is 5.76. The molecule has 2 rings (SSSR count). The molecule has 6 heteroatoms. The molecule has 1 amide bonds. The van der Waals surface area contributed by atoms with Crippen molar-refractivity contribution in [1.82, 2.24) is 10.2 Å². The molecule has 0 aliphatic rings. The molecule has 1 aromatic heterocycles. The lowest BCUT2D eigenvalue weighted by Gasteiger charge is -2.23. The van der Waals surface area contributed by atoms with E-state index in [1.54, 1.807) is 13.2 Å². The summed E-state index contributed by atoms with van der Waals surface area (Å²) in [4.78, 5) is 14.1. The van der Waals surface area contributed by atoms with E-state index in [-0.39, 0.29) is 17.8 Å². The lowest BCUT2D eigenvalue weighted by molar-refractivity contribution is -0.127. The van der Waals surface area contributed by atoms with Crippen LogP contribution in [0.4, 0.5) is 4.39 Å². The number of halogens is 1. The standard InChI is InChI=1S/C17H21FN2O3/c1-12(23-14-8-6-13(18)7-9-14)17(21)19-11-15(20(2)3)16-5-4-10-22-16/h4-10,12,15H,11H2,1-3H3,(H,19,21). The fraction of sp³-hybridized carbons (Fsp3) is 0.353. The van der Waals surface area contributed by atoms with Crippen LogP contribution in [-0.4, -0.2) is 37.6 Å². The van der Waals surface area contributed by atoms with E-state index in [9.17, 15) is 9.18 Å². The first-order valence-electron chi connectivity index (χ1n) is 7.37. The number of likely N-dealkylation sites (N-methyl/N-ethyl adjacent to an activating group) is 1. The van der Waals surface area contributed by atoms with Gasteiger partial charge >= 0.3 is 0 Å². The number of carbonyl (C=O) groups is 1. The summed E-state index contributed by atoms with van der Waals surface area (Å²) in [5.74, 6) is 0.640. The van der Waals surface area contributed by atoms with Gasteiger partial charge in [0, 0.05) is 6.54 Å². The Morgan fingerprint density at radius 3 is 2.57 bits per heavy atom. The van der Waals surface area contributed by atoms with E-state index < -0.39 is 6.10 Å². The number of benzene rings is 1. The molecular weight excluding hydrogens is 299 g/mol. The topological polar surface area (TPSA) is 54.7 Å². The van der Waals surface area contributed by atoms with Gasteiger partial charge < -0.3 is 14.5 Å². The second-order valence-corrected chi connectivity index (χ2v) is 5.45. The van der Waals surface area contributed by atoms with Crippen molar-refractivity contribution >= 4 is 5.91 Å². The van der Waals surface area contributed by atoms with Crippen LogP contribution >= 0.6 is 0 Å². The van der Waals surface area contributed by atoms with Gasteiger partial charge in [0.1, 0.15) is 17.3 Å². The van der Waals surface area contributed by atoms with Crippen molar-refractivity contribution in [3.63, 3.8) is 0 Å². The molecule has 0 fully saturated rings. The van der Waals surface area contributed by atoms with Crippen LogP contribution < -0.4 is 10.1 Å². The number of ether oxygens (including phenoxy) is 1. The Bertz CT molecular complexity index is 611. The number of furan rings is 1. The summed E-state index contributed by atoms with van der Waals surface area (Å²) in [5, 5.41) is 2.84. The third kappa shape index (κ3) is 4.82. The SMILES string of the molecule is CC(Oc1ccc(F)cc1)C(=O)NCC(c1ccco1)N(C)C. The highest BCUT2D eigenvalue weighted by Crippen LogP contribution is 2.18. The average Bonchev–Trinajstić information content (AvgIpc) is 3.03. The molecule has 1 aromatic carbocycles. The third-order valence-corrected chi connectivity index (χ3v) is 3.46. The van der Waals surface area contributed by atoms with Gasteiger partial charge in [0.2, 0.25) is 0 Å². The quantitative estimate of drug-likeness (QED) is 0.852. The molecule has 0 bridgehead atoms. The minimum atomic E-state index is -0.681. The van der Waals surface area contributed by atoms with Crippen molar-refractivity contribution in [2.24, 2.45) is 0 Å². The van der Waals surface area contributed by atoms with Crippen molar-refractivity contribution in [3.8, 4) is 5.75 Å². The van der Waals surface area contributed by atoms with E-state index in [0.29, 0.717) is 12.3 Å². The first-order chi connectivity index (χ1) is 11.0. The Morgan fingerprint density at radius 1 is 1.30 bits per heavy atom. The van der Waals surface area contributed by atoms with Crippen molar-refractivity contribution in [2.75, 3.05) is 20.6 Å². The maximum absolute atomic E-state index is 12.9. The molecule has 0 saturated heterocycles. The van der Waals surface area contributed by atoms with E-state index in [1.165, 1.54) is 24.3 Å². The second-order valence-electron chi connectivity index (χ2n) is 5.45. The minimum absolute atomic E-state index is 0.0630. The lowest BCUT2D eigenvalue weighted by Crippen LogP contribution is -2.40. The smallest absolute Gasteiger partial charge is 0.260 e. The number of nitrogens with one attached hydrogen (secondary N) is 1. The molecule has 0 radical (unpaired) electrons. The van der Waals surface area contributed by atoms with Crippen molar-refractivity contribution in [3.05, 3.63) is 54.2 Å². The van der Waals surface area contributed by atoms with Crippen LogP contribution in [0.5, 0.6) is 5.75 Å². The number of nitrogens with zero attached hydrogens (tertiary/aromatic N) is 1. The van der Waals surface area contributed by atoms with E-state index in [1.807, 2.05) is 31.1 Å². The van der Waals surface area contributed by atoms with Gasteiger partial charge in [0.15, 0.2) is 6.10 Å². The molecule has 0 spiro atoms. The van der Waals surface area contributed by atoms with Gasteiger partial charge in [0.25, 0.3) is 5.91 Å². The van der Waals surface area contributed by atoms with E-state index in [0.717, 1.165) is 5.76 Å². The molecule has 5 nitrogen and oxygen atoms in total. The maximum atomic E-state index is 12.9. The second kappa shape index (κ2) is 7.78. The van der Waals surface area contributed by atoms with Crippen LogP contribution in [0.2, 0.25) is 0 Å². The molecule has 0 saturated carbocycles. The fourth-order valence-corrected chi connectivity index (χ4v) is 2.13. The van der Waals surface area contributed by atoms with Gasteiger partial charge in [-0.25, -0.2) is 4.39 Å². The van der Waals surface area contributed by atoms with Crippen LogP contribution in [0.15, 0.2) is 47.1 Å². The summed E-state index contributed by atoms with van der Waals surface area (Å²) in [6.07, 6.45) is 0.924. The molecule has 124 valence electrons. The van der Waals surface area contributed by atoms with Crippen LogP contribution in [-0.2, 0) is 4.79 Å². The van der Waals surface area contributed by atoms with Crippen LogP contribution in [0.25, 0.3) is 0 Å². The summed E-state index contributed by atoms with van der Waals surface area (Å²) in [6, 6.07) is 9.18. The lowest BCUT2D eigenvalue weighted by atomic mass is 10.2. The zero-order valence-corrected chi connectivity index (χ0v) is 13.5. The highest BCUT2D eigenvalue weighted by atomic mass is 19.1. The van der Waals surface area contributed by atoms with Crippen molar-refractivity contribution < 1.29 is 18.3 Å². The number of hydrogen-bond acceptors (Lipinski definition) is 4. The number of hydrogen-bond donors (Lipinski definition) is 1. The number of rotatable bonds is 7. The molecular formula is C17H21FN2O3. The van der Waals surface area contributed by atoms with Gasteiger partial charge in [-0.3, -0.25) is 9.69 Å². The van der Waals surface area contributed by atoms with Crippen molar-refractivity contribution in [2.45, 2.75) is 19.1 Å². The number of carbonyl (C=O) groups excluding carboxylic acids is 1. The predicted molar refractivity (Wildman–Crippen MR) is 84.6 cm³/mol. The van der Waals surface area contributed by atoms with Gasteiger partial charge in [-0.1, -0.05) is 0 Å². The number of amides is 1. The van der Waals surface area contributed by atoms with Crippen LogP contribution in [0.1, 0.15) is 18.7 Å². The zero-order valence-electron chi connectivity index (χ0n) is 13.5. The highest BCUT2D eigenvalue weighted by Gasteiger charge is 2.20. The summed E-state index contributed by atoms with van der Waals surface area (Å²) in [6.45, 7) is 2.05. The summed E-state index contributed by atoms with van der Waals surface area (Å²) in [7, 11) is 3.83. The largest absolute Gasteiger partial charge is 0.481 e. The first-order valence-corrected chi connectivity index (χ1v) is 7.37. The molecule has 2 atom stereocenters. The maximum Gasteiger partial charge on any atom is 0.260 e. The van der Waals surface area contributed by atoms with Gasteiger partial charge in [-0.15, -0.1) is 0 Å². The molecule has 0 aliphatic carbocycles. The zero-order chi connectivity index (χ0) is 16.8. The molecule has 23 heavy (non-hydrogen) atoms. The Morgan fingerprint density at radius 2 is 2.00 bits per heavy atom. The molecule has 1 N–H and O–H groups in total. The summed E-state index contributed by atoms with van der Waals surface area (Å²) in [5.41, 5.74) is 0. The van der Waals surface area contributed by atoms with Crippen molar-refractivity contribution in [1.29, 1.82) is 0 Å². The van der Waals surface area contributed by atoms with Gasteiger partial charge in [-0.05, 0) is 57.4 Å². The Labute approximate surface area is 135 Å². The Balaban J connectivity index is 1.88. The monoisotopic (exact) mass is 320 g/mol. The fourth-order valence-electron chi connectivity index (χ4n) is 2.13. The van der Waals surface area contributed by atoms with Crippen LogP contribution in [0.3, 0.4) is 0 Å². The Hall–Kier alpha value is -2.34. The van der Waals surface area contributed by atoms with Gasteiger partial charge in [0.05, 0.1) is 12.3 Å². The van der Waals surface area contributed by atoms with E-state index >= 15 is 0 Å². The van der Waals surface area contributed by atoms with E-state index in [4.69, 9.17) is 9.15 Å².